The zero-order chi connectivity index (χ0) is 25.8. The first-order valence-electron chi connectivity index (χ1n) is 10.4. The average molecular weight is 525 g/mol. The molecule has 3 rings (SSSR count). The number of carbonyl (C=O) groups excluding carboxylic acids is 2. The van der Waals surface area contributed by atoms with E-state index in [1.54, 1.807) is 46.8 Å². The number of fused-ring (bicyclic) bond motifs is 1. The van der Waals surface area contributed by atoms with Crippen molar-refractivity contribution in [1.82, 2.24) is 4.98 Å². The number of anilines is 1. The Labute approximate surface area is 209 Å². The van der Waals surface area contributed by atoms with Crippen molar-refractivity contribution in [1.29, 1.82) is 0 Å². The Kier molecular flexibility index (Phi) is 6.67. The Balaban J connectivity index is 2.49. The molecule has 1 aromatic carbocycles. The maximum atomic E-state index is 14.0. The lowest BCUT2D eigenvalue weighted by atomic mass is 9.96. The summed E-state index contributed by atoms with van der Waals surface area (Å²) in [6.07, 6.45) is 1.49. The van der Waals surface area contributed by atoms with Crippen LogP contribution in [-0.2, 0) is 28.9 Å². The molecule has 7 nitrogen and oxygen atoms in total. The van der Waals surface area contributed by atoms with Gasteiger partial charge < -0.3 is 9.64 Å². The average Bonchev–Trinajstić information content (AvgIpc) is 2.72. The summed E-state index contributed by atoms with van der Waals surface area (Å²) in [6.45, 7) is 9.41. The van der Waals surface area contributed by atoms with Crippen molar-refractivity contribution in [3.63, 3.8) is 0 Å². The van der Waals surface area contributed by atoms with Crippen LogP contribution in [0.3, 0.4) is 0 Å². The minimum absolute atomic E-state index is 0.0512. The van der Waals surface area contributed by atoms with Gasteiger partial charge in [0.05, 0.1) is 25.9 Å². The Morgan fingerprint density at radius 1 is 1.12 bits per heavy atom. The number of aromatic nitrogens is 1. The summed E-state index contributed by atoms with van der Waals surface area (Å²) in [7, 11) is -2.70. The summed E-state index contributed by atoms with van der Waals surface area (Å²) < 4.78 is 32.4. The zero-order valence-corrected chi connectivity index (χ0v) is 22.3. The van der Waals surface area contributed by atoms with Crippen molar-refractivity contribution in [2.75, 3.05) is 11.9 Å². The molecule has 0 atom stereocenters. The molecule has 0 bridgehead atoms. The van der Waals surface area contributed by atoms with Crippen LogP contribution in [0.25, 0.3) is 10.7 Å². The highest BCUT2D eigenvalue weighted by molar-refractivity contribution is 8.01. The van der Waals surface area contributed by atoms with Crippen LogP contribution in [0, 0.1) is 5.41 Å². The number of nitrogens with zero attached hydrogens (tertiary/aromatic N) is 2. The SMILES string of the molecule is CC(=O)N(C)c1c(Cl)ccc(C2=C(OC(=O)C(C)(C)C)c3ncccc3C(C)(C)S2(=O)=O)c1Cl. The standard InChI is InChI=1S/C24H26Cl2N2O5S/c1-13(29)28(7)19-16(25)11-10-14(17(19)26)21-20(33-22(30)23(2,3)4)18-15(9-8-12-27-18)24(5,6)34(21,31)32/h8-12H,1-7H3. The van der Waals surface area contributed by atoms with E-state index in [0.717, 1.165) is 0 Å². The largest absolute Gasteiger partial charge is 0.422 e. The number of halogens is 2. The number of hydrogen-bond donors (Lipinski definition) is 0. The van der Waals surface area contributed by atoms with E-state index in [9.17, 15) is 18.0 Å². The molecule has 0 spiro atoms. The number of hydrogen-bond acceptors (Lipinski definition) is 6. The second-order valence-corrected chi connectivity index (χ2v) is 12.8. The molecule has 0 saturated carbocycles. The van der Waals surface area contributed by atoms with Crippen LogP contribution in [0.5, 0.6) is 0 Å². The molecule has 0 aliphatic carbocycles. The molecule has 0 saturated heterocycles. The Bertz CT molecular complexity index is 1340. The predicted molar refractivity (Wildman–Crippen MR) is 134 cm³/mol. The number of amides is 1. The molecule has 1 amide bonds. The van der Waals surface area contributed by atoms with Gasteiger partial charge in [-0.2, -0.15) is 0 Å². The Morgan fingerprint density at radius 3 is 2.29 bits per heavy atom. The van der Waals surface area contributed by atoms with Crippen molar-refractivity contribution in [2.45, 2.75) is 46.3 Å². The summed E-state index contributed by atoms with van der Waals surface area (Å²) in [6, 6.07) is 6.15. The predicted octanol–water partition coefficient (Wildman–Crippen LogP) is 5.45. The zero-order valence-electron chi connectivity index (χ0n) is 20.0. The lowest BCUT2D eigenvalue weighted by Gasteiger charge is -2.35. The summed E-state index contributed by atoms with van der Waals surface area (Å²) in [5.41, 5.74) is -0.116. The fraction of sp³-hybridized carbons (Fsp3) is 0.375. The van der Waals surface area contributed by atoms with Crippen molar-refractivity contribution >= 4 is 61.3 Å². The molecule has 10 heteroatoms. The highest BCUT2D eigenvalue weighted by Gasteiger charge is 2.49. The van der Waals surface area contributed by atoms with Gasteiger partial charge in [-0.3, -0.25) is 14.6 Å². The van der Waals surface area contributed by atoms with Crippen LogP contribution < -0.4 is 4.90 Å². The van der Waals surface area contributed by atoms with Gasteiger partial charge in [-0.05, 0) is 46.8 Å². The Morgan fingerprint density at radius 2 is 1.74 bits per heavy atom. The second-order valence-electron chi connectivity index (χ2n) is 9.55. The van der Waals surface area contributed by atoms with E-state index < -0.39 is 26.0 Å². The van der Waals surface area contributed by atoms with E-state index >= 15 is 0 Å². The van der Waals surface area contributed by atoms with Gasteiger partial charge in [0.2, 0.25) is 5.91 Å². The van der Waals surface area contributed by atoms with Gasteiger partial charge in [0.25, 0.3) is 0 Å². The molecule has 2 heterocycles. The summed E-state index contributed by atoms with van der Waals surface area (Å²) >= 11 is 13.0. The summed E-state index contributed by atoms with van der Waals surface area (Å²) in [5.74, 6) is -1.21. The molecule has 2 aromatic rings. The molecular weight excluding hydrogens is 499 g/mol. The topological polar surface area (TPSA) is 93.6 Å². The summed E-state index contributed by atoms with van der Waals surface area (Å²) in [5, 5.41) is 0.0922. The first kappa shape index (κ1) is 26.2. The van der Waals surface area contributed by atoms with E-state index in [2.05, 4.69) is 4.98 Å². The van der Waals surface area contributed by atoms with Crippen LogP contribution >= 0.6 is 23.2 Å². The van der Waals surface area contributed by atoms with Crippen LogP contribution in [0.15, 0.2) is 30.5 Å². The number of benzene rings is 1. The molecule has 0 unspecified atom stereocenters. The van der Waals surface area contributed by atoms with Crippen molar-refractivity contribution in [2.24, 2.45) is 5.41 Å². The number of rotatable bonds is 3. The van der Waals surface area contributed by atoms with E-state index in [1.165, 1.54) is 37.2 Å². The first-order chi connectivity index (χ1) is 15.5. The number of pyridine rings is 1. The van der Waals surface area contributed by atoms with Crippen molar-refractivity contribution < 1.29 is 22.7 Å². The molecule has 0 fully saturated rings. The fourth-order valence-electron chi connectivity index (χ4n) is 3.49. The van der Waals surface area contributed by atoms with Gasteiger partial charge >= 0.3 is 5.97 Å². The van der Waals surface area contributed by atoms with Gasteiger partial charge in [-0.15, -0.1) is 0 Å². The van der Waals surface area contributed by atoms with Gasteiger partial charge in [0.15, 0.2) is 15.6 Å². The van der Waals surface area contributed by atoms with Gasteiger partial charge in [0, 0.05) is 31.3 Å². The van der Waals surface area contributed by atoms with Gasteiger partial charge in [-0.1, -0.05) is 35.3 Å². The molecule has 0 radical (unpaired) electrons. The minimum Gasteiger partial charge on any atom is -0.422 e. The minimum atomic E-state index is -4.18. The smallest absolute Gasteiger partial charge is 0.316 e. The third kappa shape index (κ3) is 4.12. The highest BCUT2D eigenvalue weighted by atomic mass is 35.5. The van der Waals surface area contributed by atoms with Gasteiger partial charge in [0.1, 0.15) is 10.6 Å². The van der Waals surface area contributed by atoms with Crippen molar-refractivity contribution in [3.05, 3.63) is 57.3 Å². The fourth-order valence-corrected chi connectivity index (χ4v) is 6.07. The van der Waals surface area contributed by atoms with Crippen LogP contribution in [0.4, 0.5) is 5.69 Å². The molecular formula is C24H26Cl2N2O5S. The van der Waals surface area contributed by atoms with Crippen molar-refractivity contribution in [3.8, 4) is 0 Å². The Hall–Kier alpha value is -2.42. The summed E-state index contributed by atoms with van der Waals surface area (Å²) in [4.78, 5) is 30.3. The van der Waals surface area contributed by atoms with E-state index in [4.69, 9.17) is 27.9 Å². The molecule has 182 valence electrons. The number of ether oxygens (including phenoxy) is 1. The highest BCUT2D eigenvalue weighted by Crippen LogP contribution is 2.51. The van der Waals surface area contributed by atoms with Gasteiger partial charge in [-0.25, -0.2) is 8.42 Å². The molecule has 1 aromatic heterocycles. The number of sulfone groups is 1. The first-order valence-corrected chi connectivity index (χ1v) is 12.7. The van der Waals surface area contributed by atoms with E-state index in [0.29, 0.717) is 5.56 Å². The number of esters is 1. The third-order valence-electron chi connectivity index (χ3n) is 5.74. The maximum Gasteiger partial charge on any atom is 0.316 e. The molecule has 0 N–H and O–H groups in total. The molecule has 1 aliphatic heterocycles. The quantitative estimate of drug-likeness (QED) is 0.495. The normalized spacial score (nSPS) is 16.6. The molecule has 1 aliphatic rings. The van der Waals surface area contributed by atoms with E-state index in [1.807, 2.05) is 0 Å². The van der Waals surface area contributed by atoms with Crippen LogP contribution in [-0.4, -0.2) is 32.3 Å². The van der Waals surface area contributed by atoms with Crippen LogP contribution in [0.2, 0.25) is 10.0 Å². The number of carbonyl (C=O) groups is 2. The lowest BCUT2D eigenvalue weighted by molar-refractivity contribution is -0.145. The second kappa shape index (κ2) is 8.66. The molecule has 34 heavy (non-hydrogen) atoms. The lowest BCUT2D eigenvalue weighted by Crippen LogP contribution is -2.36. The maximum absolute atomic E-state index is 14.0. The third-order valence-corrected chi connectivity index (χ3v) is 8.94. The van der Waals surface area contributed by atoms with E-state index in [-0.39, 0.29) is 43.6 Å². The van der Waals surface area contributed by atoms with Crippen LogP contribution in [0.1, 0.15) is 58.4 Å². The monoisotopic (exact) mass is 524 g/mol.